The Labute approximate surface area is 118 Å². The number of ketones is 1. The van der Waals surface area contributed by atoms with Gasteiger partial charge in [-0.3, -0.25) is 9.59 Å². The number of hydrogen-bond donors (Lipinski definition) is 1. The lowest BCUT2D eigenvalue weighted by Gasteiger charge is -2.18. The number of nitrogens with one attached hydrogen (secondary N) is 1. The average Bonchev–Trinajstić information content (AvgIpc) is 2.45. The van der Waals surface area contributed by atoms with E-state index in [1.165, 1.54) is 0 Å². The summed E-state index contributed by atoms with van der Waals surface area (Å²) in [4.78, 5) is 24.6. The Kier molecular flexibility index (Phi) is 4.03. The number of benzene rings is 2. The first-order valence-electron chi connectivity index (χ1n) is 6.47. The molecular weight excluding hydrogens is 252 g/mol. The predicted molar refractivity (Wildman–Crippen MR) is 81.3 cm³/mol. The zero-order valence-electron chi connectivity index (χ0n) is 11.9. The highest BCUT2D eigenvalue weighted by atomic mass is 16.2. The molecule has 1 amide bonds. The molecule has 4 heteroatoms. The second-order valence-corrected chi connectivity index (χ2v) is 4.83. The number of anilines is 1. The van der Waals surface area contributed by atoms with Crippen molar-refractivity contribution >= 4 is 28.2 Å². The lowest BCUT2D eigenvalue weighted by molar-refractivity contribution is -0.119. The van der Waals surface area contributed by atoms with Crippen LogP contribution in [0.25, 0.3) is 10.8 Å². The number of fused-ring (bicyclic) bond motifs is 1. The number of likely N-dealkylation sites (N-methyl/N-ethyl adjacent to an activating group) is 2. The van der Waals surface area contributed by atoms with Gasteiger partial charge < -0.3 is 10.2 Å². The van der Waals surface area contributed by atoms with Gasteiger partial charge in [-0.2, -0.15) is 0 Å². The van der Waals surface area contributed by atoms with E-state index in [0.717, 1.165) is 16.5 Å². The topological polar surface area (TPSA) is 49.4 Å². The summed E-state index contributed by atoms with van der Waals surface area (Å²) >= 11 is 0. The van der Waals surface area contributed by atoms with E-state index in [-0.39, 0.29) is 11.7 Å². The van der Waals surface area contributed by atoms with Crippen molar-refractivity contribution in [2.75, 3.05) is 25.5 Å². The Morgan fingerprint density at radius 1 is 1.10 bits per heavy atom. The second-order valence-electron chi connectivity index (χ2n) is 4.83. The molecule has 2 aromatic rings. The van der Waals surface area contributed by atoms with Crippen LogP contribution in [0.2, 0.25) is 0 Å². The number of hydrogen-bond acceptors (Lipinski definition) is 3. The maximum Gasteiger partial charge on any atom is 0.239 e. The van der Waals surface area contributed by atoms with Gasteiger partial charge in [0, 0.05) is 25.3 Å². The molecule has 0 heterocycles. The molecule has 1 N–H and O–H groups in total. The molecule has 104 valence electrons. The molecule has 0 saturated heterocycles. The maximum atomic E-state index is 11.4. The fourth-order valence-electron chi connectivity index (χ4n) is 2.08. The molecule has 4 nitrogen and oxygen atoms in total. The van der Waals surface area contributed by atoms with Gasteiger partial charge in [-0.05, 0) is 35.9 Å². The summed E-state index contributed by atoms with van der Waals surface area (Å²) in [7, 11) is 3.50. The molecule has 20 heavy (non-hydrogen) atoms. The summed E-state index contributed by atoms with van der Waals surface area (Å²) in [5.74, 6) is 0.0345. The molecule has 0 radical (unpaired) electrons. The molecule has 0 aliphatic heterocycles. The Bertz CT molecular complexity index is 665. The minimum Gasteiger partial charge on any atom is -0.365 e. The third kappa shape index (κ3) is 2.96. The fraction of sp³-hybridized carbons (Fsp3) is 0.250. The van der Waals surface area contributed by atoms with Crippen LogP contribution in [0.3, 0.4) is 0 Å². The molecule has 2 rings (SSSR count). The number of carbonyl (C=O) groups excluding carboxylic acids is 2. The first-order chi connectivity index (χ1) is 9.51. The smallest absolute Gasteiger partial charge is 0.239 e. The molecular formula is C16H18N2O2. The van der Waals surface area contributed by atoms with Gasteiger partial charge in [-0.1, -0.05) is 18.2 Å². The van der Waals surface area contributed by atoms with Crippen molar-refractivity contribution in [1.82, 2.24) is 5.32 Å². The van der Waals surface area contributed by atoms with E-state index >= 15 is 0 Å². The predicted octanol–water partition coefficient (Wildman–Crippen LogP) is 2.22. The van der Waals surface area contributed by atoms with Crippen LogP contribution in [0, 0.1) is 0 Å². The second kappa shape index (κ2) is 5.74. The van der Waals surface area contributed by atoms with Crippen molar-refractivity contribution in [3.8, 4) is 0 Å². The van der Waals surface area contributed by atoms with Crippen LogP contribution in [0.1, 0.15) is 17.3 Å². The average molecular weight is 270 g/mol. The monoisotopic (exact) mass is 270 g/mol. The summed E-state index contributed by atoms with van der Waals surface area (Å²) in [6.07, 6.45) is 0. The van der Waals surface area contributed by atoms with Gasteiger partial charge in [0.05, 0.1) is 6.54 Å². The van der Waals surface area contributed by atoms with Gasteiger partial charge in [-0.15, -0.1) is 0 Å². The quantitative estimate of drug-likeness (QED) is 0.867. The molecule has 0 unspecified atom stereocenters. The van der Waals surface area contributed by atoms with E-state index in [9.17, 15) is 9.59 Å². The van der Waals surface area contributed by atoms with Crippen LogP contribution in [-0.4, -0.2) is 32.3 Å². The zero-order chi connectivity index (χ0) is 14.7. The van der Waals surface area contributed by atoms with Crippen molar-refractivity contribution in [1.29, 1.82) is 0 Å². The number of carbonyl (C=O) groups is 2. The summed E-state index contributed by atoms with van der Waals surface area (Å²) in [5, 5.41) is 4.68. The molecule has 0 atom stereocenters. The molecule has 0 aromatic heterocycles. The number of nitrogens with zero attached hydrogens (tertiary/aromatic N) is 1. The lowest BCUT2D eigenvalue weighted by Crippen LogP contribution is -2.32. The molecule has 0 bridgehead atoms. The van der Waals surface area contributed by atoms with Crippen LogP contribution in [0.4, 0.5) is 5.69 Å². The first kappa shape index (κ1) is 14.1. The van der Waals surface area contributed by atoms with Gasteiger partial charge in [-0.25, -0.2) is 0 Å². The van der Waals surface area contributed by atoms with E-state index in [2.05, 4.69) is 5.32 Å². The van der Waals surface area contributed by atoms with Crippen LogP contribution in [0.5, 0.6) is 0 Å². The van der Waals surface area contributed by atoms with Crippen LogP contribution >= 0.6 is 0 Å². The Hall–Kier alpha value is -2.36. The number of rotatable bonds is 4. The SMILES string of the molecule is CNC(=O)CN(C)c1ccc2cc(C(C)=O)ccc2c1. The largest absolute Gasteiger partial charge is 0.365 e. The number of Topliss-reactive ketones (excluding diaryl/α,β-unsaturated/α-hetero) is 1. The third-order valence-electron chi connectivity index (χ3n) is 3.33. The van der Waals surface area contributed by atoms with Gasteiger partial charge >= 0.3 is 0 Å². The molecule has 2 aromatic carbocycles. The Morgan fingerprint density at radius 2 is 1.75 bits per heavy atom. The van der Waals surface area contributed by atoms with Gasteiger partial charge in [0.15, 0.2) is 5.78 Å². The number of amides is 1. The summed E-state index contributed by atoms with van der Waals surface area (Å²) < 4.78 is 0. The van der Waals surface area contributed by atoms with Gasteiger partial charge in [0.25, 0.3) is 0 Å². The van der Waals surface area contributed by atoms with Crippen molar-refractivity contribution in [2.45, 2.75) is 6.92 Å². The molecule has 0 fully saturated rings. The highest BCUT2D eigenvalue weighted by molar-refractivity contribution is 5.99. The van der Waals surface area contributed by atoms with Crippen LogP contribution < -0.4 is 10.2 Å². The van der Waals surface area contributed by atoms with Gasteiger partial charge in [0.2, 0.25) is 5.91 Å². The summed E-state index contributed by atoms with van der Waals surface area (Å²) in [5.41, 5.74) is 1.68. The van der Waals surface area contributed by atoms with Crippen LogP contribution in [-0.2, 0) is 4.79 Å². The first-order valence-corrected chi connectivity index (χ1v) is 6.47. The molecule has 0 saturated carbocycles. The summed E-state index contributed by atoms with van der Waals surface area (Å²) in [6.45, 7) is 1.88. The van der Waals surface area contributed by atoms with E-state index in [1.807, 2.05) is 48.3 Å². The van der Waals surface area contributed by atoms with Crippen molar-refractivity contribution in [3.63, 3.8) is 0 Å². The molecule has 0 aliphatic carbocycles. The minimum absolute atomic E-state index is 0.0282. The third-order valence-corrected chi connectivity index (χ3v) is 3.33. The highest BCUT2D eigenvalue weighted by Crippen LogP contribution is 2.22. The zero-order valence-corrected chi connectivity index (χ0v) is 11.9. The van der Waals surface area contributed by atoms with Crippen molar-refractivity contribution in [3.05, 3.63) is 42.0 Å². The van der Waals surface area contributed by atoms with Crippen molar-refractivity contribution in [2.24, 2.45) is 0 Å². The Balaban J connectivity index is 2.32. The standard InChI is InChI=1S/C16H18N2O2/c1-11(19)12-4-5-14-9-15(7-6-13(14)8-12)18(3)10-16(20)17-2/h4-9H,10H2,1-3H3,(H,17,20). The van der Waals surface area contributed by atoms with E-state index in [0.29, 0.717) is 12.1 Å². The van der Waals surface area contributed by atoms with Crippen molar-refractivity contribution < 1.29 is 9.59 Å². The summed E-state index contributed by atoms with van der Waals surface area (Å²) in [6, 6.07) is 11.6. The molecule has 0 aliphatic rings. The van der Waals surface area contributed by atoms with Crippen LogP contribution in [0.15, 0.2) is 36.4 Å². The van der Waals surface area contributed by atoms with E-state index in [1.54, 1.807) is 14.0 Å². The lowest BCUT2D eigenvalue weighted by atomic mass is 10.0. The van der Waals surface area contributed by atoms with Gasteiger partial charge in [0.1, 0.15) is 0 Å². The molecule has 0 spiro atoms. The Morgan fingerprint density at radius 3 is 2.40 bits per heavy atom. The van der Waals surface area contributed by atoms with E-state index < -0.39 is 0 Å². The fourth-order valence-corrected chi connectivity index (χ4v) is 2.08. The normalized spacial score (nSPS) is 10.3. The minimum atomic E-state index is -0.0282. The highest BCUT2D eigenvalue weighted by Gasteiger charge is 2.07. The van der Waals surface area contributed by atoms with E-state index in [4.69, 9.17) is 0 Å². The maximum absolute atomic E-state index is 11.4.